The van der Waals surface area contributed by atoms with Crippen molar-refractivity contribution in [3.8, 4) is 0 Å². The summed E-state index contributed by atoms with van der Waals surface area (Å²) < 4.78 is 0. The minimum absolute atomic E-state index is 0.948. The summed E-state index contributed by atoms with van der Waals surface area (Å²) in [7, 11) is 0. The molecule has 1 aliphatic carbocycles. The second-order valence-corrected chi connectivity index (χ2v) is 4.04. The molecule has 1 heterocycles. The Bertz CT molecular complexity index is 129. The van der Waals surface area contributed by atoms with Crippen molar-refractivity contribution in [3.05, 3.63) is 12.2 Å². The molecule has 2 atom stereocenters. The van der Waals surface area contributed by atoms with Crippen LogP contribution in [0.25, 0.3) is 0 Å². The van der Waals surface area contributed by atoms with Gasteiger partial charge in [0.1, 0.15) is 0 Å². The lowest BCUT2D eigenvalue weighted by Gasteiger charge is -2.17. The molecule has 0 aromatic rings. The average Bonchev–Trinajstić information content (AvgIpc) is 2.33. The fourth-order valence-electron chi connectivity index (χ4n) is 1.71. The van der Waals surface area contributed by atoms with E-state index in [-0.39, 0.29) is 0 Å². The highest BCUT2D eigenvalue weighted by Crippen LogP contribution is 2.36. The lowest BCUT2D eigenvalue weighted by atomic mass is 9.87. The van der Waals surface area contributed by atoms with Crippen LogP contribution in [-0.4, -0.2) is 11.5 Å². The number of allylic oxidation sites excluding steroid dienone is 2. The van der Waals surface area contributed by atoms with Crippen molar-refractivity contribution in [1.82, 2.24) is 0 Å². The third-order valence-electron chi connectivity index (χ3n) is 2.34. The molecule has 1 aliphatic heterocycles. The number of hydrogen-bond donors (Lipinski definition) is 0. The summed E-state index contributed by atoms with van der Waals surface area (Å²) in [6.45, 7) is 0. The Morgan fingerprint density at radius 2 is 2.33 bits per heavy atom. The molecule has 0 bridgehead atoms. The van der Waals surface area contributed by atoms with Crippen molar-refractivity contribution >= 4 is 11.8 Å². The van der Waals surface area contributed by atoms with Gasteiger partial charge in [0.2, 0.25) is 0 Å². The van der Waals surface area contributed by atoms with E-state index < -0.39 is 0 Å². The first-order valence-electron chi connectivity index (χ1n) is 3.71. The summed E-state index contributed by atoms with van der Waals surface area (Å²) in [6, 6.07) is 0. The Morgan fingerprint density at radius 3 is 3.22 bits per heavy atom. The summed E-state index contributed by atoms with van der Waals surface area (Å²) in [5.74, 6) is 4.81. The largest absolute Gasteiger partial charge is 0.161 e. The molecule has 0 spiro atoms. The van der Waals surface area contributed by atoms with E-state index in [0.29, 0.717) is 0 Å². The number of rotatable bonds is 0. The Balaban J connectivity index is 2.10. The number of fused-ring (bicyclic) bond motifs is 1. The average molecular weight is 140 g/mol. The molecule has 0 radical (unpaired) electrons. The maximum atomic E-state index is 2.42. The van der Waals surface area contributed by atoms with E-state index in [0.717, 1.165) is 11.8 Å². The third kappa shape index (κ3) is 1.03. The second kappa shape index (κ2) is 2.37. The van der Waals surface area contributed by atoms with Crippen LogP contribution in [-0.2, 0) is 0 Å². The molecule has 1 fully saturated rings. The van der Waals surface area contributed by atoms with Crippen molar-refractivity contribution in [2.45, 2.75) is 12.8 Å². The first-order chi connectivity index (χ1) is 4.47. The van der Waals surface area contributed by atoms with Crippen LogP contribution in [0, 0.1) is 11.8 Å². The van der Waals surface area contributed by atoms with Crippen LogP contribution in [0.4, 0.5) is 0 Å². The van der Waals surface area contributed by atoms with Gasteiger partial charge in [-0.15, -0.1) is 0 Å². The van der Waals surface area contributed by atoms with E-state index in [1.165, 1.54) is 24.3 Å². The Hall–Kier alpha value is 0.0900. The molecule has 1 heteroatoms. The highest BCUT2D eigenvalue weighted by Gasteiger charge is 2.26. The van der Waals surface area contributed by atoms with Crippen LogP contribution in [0.1, 0.15) is 12.8 Å². The highest BCUT2D eigenvalue weighted by molar-refractivity contribution is 7.99. The van der Waals surface area contributed by atoms with Crippen LogP contribution in [0.3, 0.4) is 0 Å². The molecule has 0 saturated carbocycles. The van der Waals surface area contributed by atoms with Crippen LogP contribution < -0.4 is 0 Å². The monoisotopic (exact) mass is 140 g/mol. The summed E-state index contributed by atoms with van der Waals surface area (Å²) in [5, 5.41) is 0. The van der Waals surface area contributed by atoms with Crippen LogP contribution in [0.5, 0.6) is 0 Å². The molecule has 1 unspecified atom stereocenters. The molecular formula is C8H12S. The smallest absolute Gasteiger partial charge is 0.000139 e. The Labute approximate surface area is 60.7 Å². The lowest BCUT2D eigenvalue weighted by Crippen LogP contribution is -2.12. The van der Waals surface area contributed by atoms with Gasteiger partial charge in [-0.2, -0.15) is 11.8 Å². The maximum absolute atomic E-state index is 2.42. The third-order valence-corrected chi connectivity index (χ3v) is 3.62. The van der Waals surface area contributed by atoms with Gasteiger partial charge in [-0.1, -0.05) is 12.2 Å². The number of thioether (sulfide) groups is 1. The minimum Gasteiger partial charge on any atom is -0.161 e. The fourth-order valence-corrected chi connectivity index (χ4v) is 3.21. The van der Waals surface area contributed by atoms with Gasteiger partial charge >= 0.3 is 0 Å². The fraction of sp³-hybridized carbons (Fsp3) is 0.750. The standard InChI is InChI=1S/C8H12S/c1-2-4-8-6-9-5-7(8)3-1/h1,3,7-8H,2,4-6H2/t7-,8?/m1/s1. The van der Waals surface area contributed by atoms with Crippen molar-refractivity contribution in [3.63, 3.8) is 0 Å². The van der Waals surface area contributed by atoms with E-state index in [4.69, 9.17) is 0 Å². The Kier molecular flexibility index (Phi) is 1.54. The van der Waals surface area contributed by atoms with Gasteiger partial charge in [-0.25, -0.2) is 0 Å². The molecule has 50 valence electrons. The zero-order chi connectivity index (χ0) is 6.10. The van der Waals surface area contributed by atoms with Gasteiger partial charge in [-0.3, -0.25) is 0 Å². The van der Waals surface area contributed by atoms with Crippen molar-refractivity contribution in [2.24, 2.45) is 11.8 Å². The van der Waals surface area contributed by atoms with Crippen LogP contribution >= 0.6 is 11.8 Å². The van der Waals surface area contributed by atoms with E-state index in [1.807, 2.05) is 0 Å². The molecule has 0 N–H and O–H groups in total. The normalized spacial score (nSPS) is 40.9. The van der Waals surface area contributed by atoms with Gasteiger partial charge in [-0.05, 0) is 36.2 Å². The minimum atomic E-state index is 0.948. The van der Waals surface area contributed by atoms with Crippen molar-refractivity contribution in [1.29, 1.82) is 0 Å². The lowest BCUT2D eigenvalue weighted by molar-refractivity contribution is 0.444. The van der Waals surface area contributed by atoms with Crippen molar-refractivity contribution < 1.29 is 0 Å². The molecule has 2 rings (SSSR count). The molecule has 0 amide bonds. The predicted molar refractivity (Wildman–Crippen MR) is 42.7 cm³/mol. The second-order valence-electron chi connectivity index (χ2n) is 2.97. The summed E-state index contributed by atoms with van der Waals surface area (Å²) in [4.78, 5) is 0. The Morgan fingerprint density at radius 1 is 1.33 bits per heavy atom. The summed E-state index contributed by atoms with van der Waals surface area (Å²) in [6.07, 6.45) is 7.57. The van der Waals surface area contributed by atoms with E-state index in [9.17, 15) is 0 Å². The van der Waals surface area contributed by atoms with Gasteiger partial charge in [0, 0.05) is 0 Å². The molecular weight excluding hydrogens is 128 g/mol. The first kappa shape index (κ1) is 5.84. The van der Waals surface area contributed by atoms with E-state index in [2.05, 4.69) is 23.9 Å². The maximum Gasteiger partial charge on any atom is -0.000139 e. The summed E-state index contributed by atoms with van der Waals surface area (Å²) in [5.41, 5.74) is 0. The quantitative estimate of drug-likeness (QED) is 0.465. The molecule has 0 nitrogen and oxygen atoms in total. The highest BCUT2D eigenvalue weighted by atomic mass is 32.2. The van der Waals surface area contributed by atoms with Crippen LogP contribution in [0.2, 0.25) is 0 Å². The van der Waals surface area contributed by atoms with Crippen LogP contribution in [0.15, 0.2) is 12.2 Å². The van der Waals surface area contributed by atoms with E-state index in [1.54, 1.807) is 0 Å². The predicted octanol–water partition coefficient (Wildman–Crippen LogP) is 2.32. The number of hydrogen-bond acceptors (Lipinski definition) is 1. The van der Waals surface area contributed by atoms with Gasteiger partial charge in [0.15, 0.2) is 0 Å². The van der Waals surface area contributed by atoms with Gasteiger partial charge in [0.25, 0.3) is 0 Å². The zero-order valence-corrected chi connectivity index (χ0v) is 6.36. The summed E-state index contributed by atoms with van der Waals surface area (Å²) >= 11 is 2.13. The molecule has 1 saturated heterocycles. The first-order valence-corrected chi connectivity index (χ1v) is 4.87. The zero-order valence-electron chi connectivity index (χ0n) is 5.55. The molecule has 0 aromatic carbocycles. The molecule has 2 aliphatic rings. The molecule has 0 aromatic heterocycles. The molecule has 9 heavy (non-hydrogen) atoms. The topological polar surface area (TPSA) is 0 Å². The van der Waals surface area contributed by atoms with Gasteiger partial charge < -0.3 is 0 Å². The van der Waals surface area contributed by atoms with Crippen molar-refractivity contribution in [2.75, 3.05) is 11.5 Å². The van der Waals surface area contributed by atoms with E-state index >= 15 is 0 Å². The SMILES string of the molecule is C1=C[C@@H]2CSCC2CC1. The van der Waals surface area contributed by atoms with Gasteiger partial charge in [0.05, 0.1) is 0 Å².